The van der Waals surface area contributed by atoms with Crippen molar-refractivity contribution in [3.63, 3.8) is 0 Å². The van der Waals surface area contributed by atoms with Crippen LogP contribution in [0.15, 0.2) is 12.3 Å². The molecule has 1 N–H and O–H groups in total. The number of anilines is 1. The van der Waals surface area contributed by atoms with Crippen LogP contribution in [0.5, 0.6) is 5.88 Å². The van der Waals surface area contributed by atoms with Crippen molar-refractivity contribution in [3.8, 4) is 5.88 Å². The van der Waals surface area contributed by atoms with Crippen LogP contribution in [0.4, 0.5) is 5.95 Å². The predicted octanol–water partition coefficient (Wildman–Crippen LogP) is 3.36. The minimum Gasteiger partial charge on any atom is -0.475 e. The third kappa shape index (κ3) is 4.90. The molecule has 4 nitrogen and oxygen atoms in total. The maximum atomic E-state index is 5.54. The molecule has 0 saturated heterocycles. The first-order valence-electron chi connectivity index (χ1n) is 6.52. The van der Waals surface area contributed by atoms with Gasteiger partial charge in [0.15, 0.2) is 0 Å². The van der Waals surface area contributed by atoms with Crippen LogP contribution in [0.1, 0.15) is 41.5 Å². The normalized spacial score (nSPS) is 13.5. The van der Waals surface area contributed by atoms with Gasteiger partial charge in [-0.1, -0.05) is 27.7 Å². The molecule has 1 aromatic heterocycles. The summed E-state index contributed by atoms with van der Waals surface area (Å²) >= 11 is 0. The number of hydrogen-bond donors (Lipinski definition) is 1. The SMILES string of the molecule is CC(C)Oc1ccnc(NCC(C)C(C)(C)C)n1. The molecule has 1 unspecified atom stereocenters. The van der Waals surface area contributed by atoms with Gasteiger partial charge in [-0.3, -0.25) is 0 Å². The van der Waals surface area contributed by atoms with Gasteiger partial charge in [0.1, 0.15) is 0 Å². The van der Waals surface area contributed by atoms with Gasteiger partial charge in [0, 0.05) is 18.8 Å². The van der Waals surface area contributed by atoms with Gasteiger partial charge in [0.25, 0.3) is 0 Å². The van der Waals surface area contributed by atoms with Gasteiger partial charge in [-0.05, 0) is 25.2 Å². The molecule has 0 radical (unpaired) electrons. The summed E-state index contributed by atoms with van der Waals surface area (Å²) in [6.07, 6.45) is 1.84. The molecule has 1 aromatic rings. The van der Waals surface area contributed by atoms with Crippen molar-refractivity contribution in [3.05, 3.63) is 12.3 Å². The summed E-state index contributed by atoms with van der Waals surface area (Å²) in [6.45, 7) is 13.7. The lowest BCUT2D eigenvalue weighted by Crippen LogP contribution is -2.25. The first kappa shape index (κ1) is 14.7. The molecule has 0 bridgehead atoms. The first-order chi connectivity index (χ1) is 8.29. The summed E-state index contributed by atoms with van der Waals surface area (Å²) in [5, 5.41) is 3.26. The van der Waals surface area contributed by atoms with Gasteiger partial charge in [0.05, 0.1) is 6.10 Å². The van der Waals surface area contributed by atoms with Crippen molar-refractivity contribution >= 4 is 5.95 Å². The molecule has 0 saturated carbocycles. The fraction of sp³-hybridized carbons (Fsp3) is 0.714. The van der Waals surface area contributed by atoms with E-state index in [0.717, 1.165) is 6.54 Å². The summed E-state index contributed by atoms with van der Waals surface area (Å²) in [7, 11) is 0. The van der Waals surface area contributed by atoms with Crippen LogP contribution in [0.25, 0.3) is 0 Å². The smallest absolute Gasteiger partial charge is 0.225 e. The van der Waals surface area contributed by atoms with Crippen molar-refractivity contribution < 1.29 is 4.74 Å². The molecule has 0 fully saturated rings. The molecule has 1 rings (SSSR count). The Morgan fingerprint density at radius 2 is 1.94 bits per heavy atom. The van der Waals surface area contributed by atoms with E-state index < -0.39 is 0 Å². The van der Waals surface area contributed by atoms with Gasteiger partial charge in [0.2, 0.25) is 11.8 Å². The fourth-order valence-corrected chi connectivity index (χ4v) is 1.29. The lowest BCUT2D eigenvalue weighted by molar-refractivity contribution is 0.232. The van der Waals surface area contributed by atoms with Crippen LogP contribution >= 0.6 is 0 Å². The largest absolute Gasteiger partial charge is 0.475 e. The molecule has 0 aliphatic rings. The molecular weight excluding hydrogens is 226 g/mol. The molecule has 0 aliphatic carbocycles. The lowest BCUT2D eigenvalue weighted by Gasteiger charge is -2.27. The van der Waals surface area contributed by atoms with Gasteiger partial charge >= 0.3 is 0 Å². The number of nitrogens with one attached hydrogen (secondary N) is 1. The monoisotopic (exact) mass is 251 g/mol. The quantitative estimate of drug-likeness (QED) is 0.871. The van der Waals surface area contributed by atoms with Gasteiger partial charge in [-0.25, -0.2) is 4.98 Å². The Bertz CT molecular complexity index is 372. The molecule has 1 heterocycles. The number of rotatable bonds is 5. The van der Waals surface area contributed by atoms with E-state index in [4.69, 9.17) is 4.74 Å². The Hall–Kier alpha value is -1.32. The van der Waals surface area contributed by atoms with Crippen LogP contribution in [-0.4, -0.2) is 22.6 Å². The maximum Gasteiger partial charge on any atom is 0.225 e. The van der Waals surface area contributed by atoms with E-state index in [-0.39, 0.29) is 11.5 Å². The van der Waals surface area contributed by atoms with Crippen LogP contribution in [-0.2, 0) is 0 Å². The van der Waals surface area contributed by atoms with E-state index in [0.29, 0.717) is 17.7 Å². The molecule has 0 aliphatic heterocycles. The van der Waals surface area contributed by atoms with E-state index in [1.54, 1.807) is 12.3 Å². The zero-order valence-corrected chi connectivity index (χ0v) is 12.3. The molecule has 18 heavy (non-hydrogen) atoms. The molecule has 4 heteroatoms. The highest BCUT2D eigenvalue weighted by atomic mass is 16.5. The third-order valence-corrected chi connectivity index (χ3v) is 3.03. The van der Waals surface area contributed by atoms with Crippen molar-refractivity contribution in [2.75, 3.05) is 11.9 Å². The average molecular weight is 251 g/mol. The topological polar surface area (TPSA) is 47.0 Å². The average Bonchev–Trinajstić information content (AvgIpc) is 2.24. The maximum absolute atomic E-state index is 5.54. The second-order valence-electron chi connectivity index (χ2n) is 6.03. The van der Waals surface area contributed by atoms with Crippen LogP contribution in [0.3, 0.4) is 0 Å². The van der Waals surface area contributed by atoms with Gasteiger partial charge in [-0.15, -0.1) is 0 Å². The minimum atomic E-state index is 0.126. The molecule has 0 spiro atoms. The summed E-state index contributed by atoms with van der Waals surface area (Å²) < 4.78 is 5.54. The van der Waals surface area contributed by atoms with E-state index in [2.05, 4.69) is 43.0 Å². The standard InChI is InChI=1S/C14H25N3O/c1-10(2)18-12-7-8-15-13(17-12)16-9-11(3)14(4,5)6/h7-8,10-11H,9H2,1-6H3,(H,15,16,17). The number of aromatic nitrogens is 2. The Morgan fingerprint density at radius 1 is 1.28 bits per heavy atom. The van der Waals surface area contributed by atoms with Crippen LogP contribution in [0.2, 0.25) is 0 Å². The molecule has 102 valence electrons. The Kier molecular flexibility index (Phi) is 4.93. The van der Waals surface area contributed by atoms with Gasteiger partial charge in [-0.2, -0.15) is 4.98 Å². The van der Waals surface area contributed by atoms with Gasteiger partial charge < -0.3 is 10.1 Å². The van der Waals surface area contributed by atoms with Crippen LogP contribution in [0, 0.1) is 11.3 Å². The van der Waals surface area contributed by atoms with Crippen molar-refractivity contribution in [2.45, 2.75) is 47.6 Å². The molecule has 0 aromatic carbocycles. The highest BCUT2D eigenvalue weighted by Crippen LogP contribution is 2.25. The van der Waals surface area contributed by atoms with E-state index in [1.165, 1.54) is 0 Å². The number of nitrogens with zero attached hydrogens (tertiary/aromatic N) is 2. The summed E-state index contributed by atoms with van der Waals surface area (Å²) in [4.78, 5) is 8.52. The Labute approximate surface area is 110 Å². The zero-order valence-electron chi connectivity index (χ0n) is 12.3. The van der Waals surface area contributed by atoms with E-state index >= 15 is 0 Å². The summed E-state index contributed by atoms with van der Waals surface area (Å²) in [5.74, 6) is 1.78. The first-order valence-corrected chi connectivity index (χ1v) is 6.52. The lowest BCUT2D eigenvalue weighted by atomic mass is 9.82. The number of ether oxygens (including phenoxy) is 1. The van der Waals surface area contributed by atoms with E-state index in [9.17, 15) is 0 Å². The van der Waals surface area contributed by atoms with Crippen molar-refractivity contribution in [1.82, 2.24) is 9.97 Å². The second kappa shape index (κ2) is 6.03. The van der Waals surface area contributed by atoms with Crippen molar-refractivity contribution in [2.24, 2.45) is 11.3 Å². The fourth-order valence-electron chi connectivity index (χ4n) is 1.29. The summed E-state index contributed by atoms with van der Waals surface area (Å²) in [6, 6.07) is 1.78. The summed E-state index contributed by atoms with van der Waals surface area (Å²) in [5.41, 5.74) is 0.277. The van der Waals surface area contributed by atoms with Crippen LogP contribution < -0.4 is 10.1 Å². The zero-order chi connectivity index (χ0) is 13.8. The Balaban J connectivity index is 2.57. The molecule has 0 amide bonds. The number of hydrogen-bond acceptors (Lipinski definition) is 4. The molecular formula is C14H25N3O. The third-order valence-electron chi connectivity index (χ3n) is 3.03. The second-order valence-corrected chi connectivity index (χ2v) is 6.03. The minimum absolute atomic E-state index is 0.126. The van der Waals surface area contributed by atoms with E-state index in [1.807, 2.05) is 13.8 Å². The molecule has 1 atom stereocenters. The Morgan fingerprint density at radius 3 is 2.50 bits per heavy atom. The van der Waals surface area contributed by atoms with Crippen molar-refractivity contribution in [1.29, 1.82) is 0 Å². The highest BCUT2D eigenvalue weighted by Gasteiger charge is 2.19. The predicted molar refractivity (Wildman–Crippen MR) is 74.9 cm³/mol. The highest BCUT2D eigenvalue weighted by molar-refractivity contribution is 5.27.